The third-order valence-corrected chi connectivity index (χ3v) is 6.34. The van der Waals surface area contributed by atoms with Gasteiger partial charge in [0.25, 0.3) is 0 Å². The summed E-state index contributed by atoms with van der Waals surface area (Å²) < 4.78 is 62.5. The summed E-state index contributed by atoms with van der Waals surface area (Å²) >= 11 is 0. The minimum absolute atomic E-state index is 0.0773. The van der Waals surface area contributed by atoms with E-state index in [1.54, 1.807) is 0 Å². The van der Waals surface area contributed by atoms with Crippen LogP contribution >= 0.6 is 0 Å². The van der Waals surface area contributed by atoms with Gasteiger partial charge in [0.15, 0.2) is 9.84 Å². The molecular formula is C11H14FNO5S2. The van der Waals surface area contributed by atoms with E-state index >= 15 is 0 Å². The van der Waals surface area contributed by atoms with Crippen LogP contribution in [0.15, 0.2) is 23.1 Å². The molecule has 9 heteroatoms. The van der Waals surface area contributed by atoms with Crippen molar-refractivity contribution in [3.05, 3.63) is 29.6 Å². The van der Waals surface area contributed by atoms with Crippen molar-refractivity contribution in [2.45, 2.75) is 24.0 Å². The number of nitrogens with one attached hydrogen (secondary N) is 1. The molecular weight excluding hydrogens is 309 g/mol. The molecule has 2 N–H and O–H groups in total. The highest BCUT2D eigenvalue weighted by molar-refractivity contribution is 7.92. The van der Waals surface area contributed by atoms with Crippen LogP contribution in [0, 0.1) is 5.82 Å². The highest BCUT2D eigenvalue weighted by Crippen LogP contribution is 2.19. The normalized spacial score (nSPS) is 22.0. The number of halogens is 1. The molecule has 0 aromatic heterocycles. The van der Waals surface area contributed by atoms with Crippen molar-refractivity contribution < 1.29 is 26.3 Å². The summed E-state index contributed by atoms with van der Waals surface area (Å²) in [5.41, 5.74) is 0.255. The first-order chi connectivity index (χ1) is 9.23. The number of aliphatic hydroxyl groups is 1. The van der Waals surface area contributed by atoms with Crippen molar-refractivity contribution >= 4 is 19.9 Å². The van der Waals surface area contributed by atoms with Crippen LogP contribution in [-0.4, -0.2) is 39.5 Å². The third-order valence-electron chi connectivity index (χ3n) is 3.02. The van der Waals surface area contributed by atoms with Crippen LogP contribution in [-0.2, 0) is 26.5 Å². The minimum atomic E-state index is -4.12. The highest BCUT2D eigenvalue weighted by Gasteiger charge is 2.32. The number of hydrogen-bond donors (Lipinski definition) is 2. The molecule has 0 amide bonds. The molecule has 112 valence electrons. The first kappa shape index (κ1) is 15.4. The Balaban J connectivity index is 2.23. The van der Waals surface area contributed by atoms with E-state index in [1.165, 1.54) is 6.07 Å². The molecule has 1 atom stereocenters. The number of benzene rings is 1. The van der Waals surface area contributed by atoms with Crippen LogP contribution in [0.4, 0.5) is 4.39 Å². The Kier molecular flexibility index (Phi) is 4.14. The van der Waals surface area contributed by atoms with Crippen molar-refractivity contribution in [3.8, 4) is 0 Å². The average molecular weight is 323 g/mol. The fourth-order valence-corrected chi connectivity index (χ4v) is 5.14. The fraction of sp³-hybridized carbons (Fsp3) is 0.455. The molecule has 0 aliphatic carbocycles. The molecule has 20 heavy (non-hydrogen) atoms. The zero-order chi connectivity index (χ0) is 15.0. The summed E-state index contributed by atoms with van der Waals surface area (Å²) in [5.74, 6) is -1.33. The van der Waals surface area contributed by atoms with Gasteiger partial charge in [-0.2, -0.15) is 0 Å². The average Bonchev–Trinajstić information content (AvgIpc) is 2.67. The van der Waals surface area contributed by atoms with Crippen LogP contribution in [0.1, 0.15) is 12.0 Å². The Morgan fingerprint density at radius 3 is 2.60 bits per heavy atom. The zero-order valence-corrected chi connectivity index (χ0v) is 12.0. The van der Waals surface area contributed by atoms with Gasteiger partial charge in [0.1, 0.15) is 10.7 Å². The molecule has 0 radical (unpaired) electrons. The number of sulfonamides is 1. The Hall–Kier alpha value is -1.03. The van der Waals surface area contributed by atoms with E-state index in [2.05, 4.69) is 4.72 Å². The SMILES string of the molecule is O=S1(=O)CCC(NS(=O)(=O)c2ccc(CO)cc2F)C1. The first-order valence-corrected chi connectivity index (χ1v) is 9.16. The molecule has 1 aromatic carbocycles. The first-order valence-electron chi connectivity index (χ1n) is 5.85. The second kappa shape index (κ2) is 5.40. The fourth-order valence-electron chi connectivity index (χ4n) is 2.03. The molecule has 1 unspecified atom stereocenters. The molecule has 1 aromatic rings. The summed E-state index contributed by atoms with van der Waals surface area (Å²) in [6, 6.07) is 2.54. The van der Waals surface area contributed by atoms with Gasteiger partial charge in [-0.05, 0) is 24.1 Å². The van der Waals surface area contributed by atoms with Gasteiger partial charge in [-0.15, -0.1) is 0 Å². The maximum Gasteiger partial charge on any atom is 0.243 e. The van der Waals surface area contributed by atoms with Crippen LogP contribution in [0.2, 0.25) is 0 Å². The van der Waals surface area contributed by atoms with E-state index in [1.807, 2.05) is 0 Å². The maximum atomic E-state index is 13.7. The van der Waals surface area contributed by atoms with Crippen molar-refractivity contribution in [1.29, 1.82) is 0 Å². The quantitative estimate of drug-likeness (QED) is 0.798. The van der Waals surface area contributed by atoms with Gasteiger partial charge in [-0.3, -0.25) is 0 Å². The maximum absolute atomic E-state index is 13.7. The van der Waals surface area contributed by atoms with Gasteiger partial charge in [0.2, 0.25) is 10.0 Å². The summed E-state index contributed by atoms with van der Waals surface area (Å²) in [7, 11) is -7.35. The van der Waals surface area contributed by atoms with Crippen molar-refractivity contribution in [3.63, 3.8) is 0 Å². The third kappa shape index (κ3) is 3.35. The number of hydrogen-bond acceptors (Lipinski definition) is 5. The molecule has 2 rings (SSSR count). The van der Waals surface area contributed by atoms with Gasteiger partial charge >= 0.3 is 0 Å². The summed E-state index contributed by atoms with van der Waals surface area (Å²) in [6.07, 6.45) is 0.178. The smallest absolute Gasteiger partial charge is 0.243 e. The van der Waals surface area contributed by atoms with Gasteiger partial charge in [0.05, 0.1) is 18.1 Å². The summed E-state index contributed by atoms with van der Waals surface area (Å²) in [4.78, 5) is -0.556. The number of rotatable bonds is 4. The van der Waals surface area contributed by atoms with E-state index < -0.39 is 43.2 Å². The van der Waals surface area contributed by atoms with E-state index in [0.29, 0.717) is 0 Å². The lowest BCUT2D eigenvalue weighted by atomic mass is 10.2. The standard InChI is InChI=1S/C11H14FNO5S2/c12-10-5-8(6-14)1-2-11(10)20(17,18)13-9-3-4-19(15,16)7-9/h1-2,5,9,13-14H,3-4,6-7H2. The largest absolute Gasteiger partial charge is 0.392 e. The van der Waals surface area contributed by atoms with Crippen molar-refractivity contribution in [2.24, 2.45) is 0 Å². The lowest BCUT2D eigenvalue weighted by molar-refractivity contribution is 0.281. The van der Waals surface area contributed by atoms with Gasteiger partial charge in [0, 0.05) is 6.04 Å². The van der Waals surface area contributed by atoms with Gasteiger partial charge < -0.3 is 5.11 Å². The molecule has 1 fully saturated rings. The lowest BCUT2D eigenvalue weighted by Crippen LogP contribution is -2.36. The predicted octanol–water partition coefficient (Wildman–Crippen LogP) is -0.217. The predicted molar refractivity (Wildman–Crippen MR) is 69.7 cm³/mol. The van der Waals surface area contributed by atoms with Crippen LogP contribution in [0.3, 0.4) is 0 Å². The van der Waals surface area contributed by atoms with Crippen LogP contribution in [0.25, 0.3) is 0 Å². The second-order valence-corrected chi connectivity index (χ2v) is 8.56. The number of aliphatic hydroxyl groups excluding tert-OH is 1. The lowest BCUT2D eigenvalue weighted by Gasteiger charge is -2.12. The van der Waals surface area contributed by atoms with Crippen LogP contribution < -0.4 is 4.72 Å². The Morgan fingerprint density at radius 2 is 2.10 bits per heavy atom. The second-order valence-electron chi connectivity index (χ2n) is 4.64. The van der Waals surface area contributed by atoms with Gasteiger partial charge in [-0.1, -0.05) is 6.07 Å². The zero-order valence-electron chi connectivity index (χ0n) is 10.4. The van der Waals surface area contributed by atoms with Crippen molar-refractivity contribution in [1.82, 2.24) is 4.72 Å². The Labute approximate surface area is 116 Å². The molecule has 1 aliphatic heterocycles. The summed E-state index contributed by atoms with van der Waals surface area (Å²) in [5, 5.41) is 8.84. The number of sulfone groups is 1. The van der Waals surface area contributed by atoms with E-state index in [4.69, 9.17) is 5.11 Å². The van der Waals surface area contributed by atoms with E-state index in [0.717, 1.165) is 12.1 Å². The molecule has 1 aliphatic rings. The summed E-state index contributed by atoms with van der Waals surface area (Å²) in [6.45, 7) is -0.397. The van der Waals surface area contributed by atoms with Gasteiger partial charge in [-0.25, -0.2) is 25.9 Å². The molecule has 0 spiro atoms. The molecule has 0 bridgehead atoms. The molecule has 1 saturated heterocycles. The topological polar surface area (TPSA) is 101 Å². The van der Waals surface area contributed by atoms with E-state index in [9.17, 15) is 21.2 Å². The Bertz CT molecular complexity index is 714. The minimum Gasteiger partial charge on any atom is -0.392 e. The highest BCUT2D eigenvalue weighted by atomic mass is 32.2. The molecule has 0 saturated carbocycles. The molecule has 1 heterocycles. The molecule has 6 nitrogen and oxygen atoms in total. The van der Waals surface area contributed by atoms with Crippen molar-refractivity contribution in [2.75, 3.05) is 11.5 Å². The monoisotopic (exact) mass is 323 g/mol. The van der Waals surface area contributed by atoms with Crippen LogP contribution in [0.5, 0.6) is 0 Å². The Morgan fingerprint density at radius 1 is 1.40 bits per heavy atom. The van der Waals surface area contributed by atoms with E-state index in [-0.39, 0.29) is 23.5 Å².